The molecule has 0 aromatic heterocycles. The van der Waals surface area contributed by atoms with Crippen molar-refractivity contribution >= 4 is 5.91 Å². The Labute approximate surface area is 80.6 Å². The van der Waals surface area contributed by atoms with Gasteiger partial charge in [0, 0.05) is 12.0 Å². The number of carbonyl (C=O) groups is 1. The van der Waals surface area contributed by atoms with Gasteiger partial charge in [-0.3, -0.25) is 4.79 Å². The van der Waals surface area contributed by atoms with Crippen LogP contribution in [0.25, 0.3) is 0 Å². The van der Waals surface area contributed by atoms with Gasteiger partial charge in [-0.15, -0.1) is 0 Å². The van der Waals surface area contributed by atoms with E-state index in [0.29, 0.717) is 18.4 Å². The number of amides is 1. The number of halogens is 1. The molecule has 0 saturated carbocycles. The zero-order valence-electron chi connectivity index (χ0n) is 7.46. The van der Waals surface area contributed by atoms with Crippen molar-refractivity contribution in [2.24, 2.45) is 0 Å². The maximum absolute atomic E-state index is 12.9. The van der Waals surface area contributed by atoms with Crippen molar-refractivity contribution < 1.29 is 14.3 Å². The van der Waals surface area contributed by atoms with Crippen molar-refractivity contribution in [2.75, 3.05) is 0 Å². The molecule has 1 aliphatic heterocycles. The lowest BCUT2D eigenvalue weighted by Crippen LogP contribution is -2.18. The predicted octanol–water partition coefficient (Wildman–Crippen LogP) is 1.48. The molecule has 1 aromatic carbocycles. The number of carbonyl (C=O) groups excluding carboxylic acids is 1. The van der Waals surface area contributed by atoms with Gasteiger partial charge < -0.3 is 10.4 Å². The molecular formula is C10H10FNO2. The van der Waals surface area contributed by atoms with Gasteiger partial charge >= 0.3 is 0 Å². The summed E-state index contributed by atoms with van der Waals surface area (Å²) in [6, 6.07) is 3.49. The molecule has 1 fully saturated rings. The quantitative estimate of drug-likeness (QED) is 0.713. The number of rotatable bonds is 1. The first-order valence-corrected chi connectivity index (χ1v) is 4.44. The molecule has 2 N–H and O–H groups in total. The predicted molar refractivity (Wildman–Crippen MR) is 48.2 cm³/mol. The molecule has 1 heterocycles. The normalized spacial score (nSPS) is 20.9. The third kappa shape index (κ3) is 1.55. The fourth-order valence-corrected chi connectivity index (χ4v) is 1.65. The second-order valence-corrected chi connectivity index (χ2v) is 3.36. The molecule has 0 unspecified atom stereocenters. The Morgan fingerprint density at radius 1 is 1.50 bits per heavy atom. The van der Waals surface area contributed by atoms with E-state index in [1.54, 1.807) is 0 Å². The molecule has 1 saturated heterocycles. The fourth-order valence-electron chi connectivity index (χ4n) is 1.65. The zero-order valence-corrected chi connectivity index (χ0v) is 7.46. The third-order valence-electron chi connectivity index (χ3n) is 2.36. The van der Waals surface area contributed by atoms with Gasteiger partial charge in [0.1, 0.15) is 11.6 Å². The van der Waals surface area contributed by atoms with Crippen LogP contribution in [0.3, 0.4) is 0 Å². The molecule has 0 bridgehead atoms. The van der Waals surface area contributed by atoms with E-state index in [9.17, 15) is 14.3 Å². The van der Waals surface area contributed by atoms with Crippen LogP contribution in [-0.2, 0) is 4.79 Å². The van der Waals surface area contributed by atoms with Crippen molar-refractivity contribution in [1.29, 1.82) is 0 Å². The van der Waals surface area contributed by atoms with Crippen molar-refractivity contribution in [3.63, 3.8) is 0 Å². The van der Waals surface area contributed by atoms with Gasteiger partial charge in [-0.05, 0) is 24.6 Å². The number of aromatic hydroxyl groups is 1. The van der Waals surface area contributed by atoms with Crippen LogP contribution >= 0.6 is 0 Å². The largest absolute Gasteiger partial charge is 0.508 e. The van der Waals surface area contributed by atoms with Crippen molar-refractivity contribution in [1.82, 2.24) is 5.32 Å². The summed E-state index contributed by atoms with van der Waals surface area (Å²) >= 11 is 0. The number of phenolic OH excluding ortho intramolecular Hbond substituents is 1. The Kier molecular flexibility index (Phi) is 2.11. The van der Waals surface area contributed by atoms with Crippen LogP contribution in [0.4, 0.5) is 4.39 Å². The molecular weight excluding hydrogens is 185 g/mol. The summed E-state index contributed by atoms with van der Waals surface area (Å²) in [6.07, 6.45) is 1.04. The highest BCUT2D eigenvalue weighted by atomic mass is 19.1. The minimum Gasteiger partial charge on any atom is -0.508 e. The molecule has 0 spiro atoms. The maximum Gasteiger partial charge on any atom is 0.220 e. The monoisotopic (exact) mass is 195 g/mol. The highest BCUT2D eigenvalue weighted by Gasteiger charge is 2.24. The third-order valence-corrected chi connectivity index (χ3v) is 2.36. The molecule has 4 heteroatoms. The van der Waals surface area contributed by atoms with E-state index in [-0.39, 0.29) is 17.7 Å². The first kappa shape index (κ1) is 8.99. The standard InChI is InChI=1S/C10H10FNO2/c11-6-1-3-9(13)7(5-6)8-2-4-10(14)12-8/h1,3,5,8,13H,2,4H2,(H,12,14)/t8-/m0/s1. The maximum atomic E-state index is 12.9. The Hall–Kier alpha value is -1.58. The summed E-state index contributed by atoms with van der Waals surface area (Å²) in [5.74, 6) is -0.434. The number of benzene rings is 1. The lowest BCUT2D eigenvalue weighted by molar-refractivity contribution is -0.119. The number of hydrogen-bond donors (Lipinski definition) is 2. The van der Waals surface area contributed by atoms with E-state index >= 15 is 0 Å². The van der Waals surface area contributed by atoms with Gasteiger partial charge in [-0.25, -0.2) is 4.39 Å². The smallest absolute Gasteiger partial charge is 0.220 e. The van der Waals surface area contributed by atoms with Gasteiger partial charge in [0.15, 0.2) is 0 Å². The van der Waals surface area contributed by atoms with Gasteiger partial charge in [0.05, 0.1) is 6.04 Å². The topological polar surface area (TPSA) is 49.3 Å². The number of phenols is 1. The summed E-state index contributed by atoms with van der Waals surface area (Å²) in [5.41, 5.74) is 0.454. The van der Waals surface area contributed by atoms with Crippen molar-refractivity contribution in [3.8, 4) is 5.75 Å². The summed E-state index contributed by atoms with van der Waals surface area (Å²) in [5, 5.41) is 12.1. The van der Waals surface area contributed by atoms with E-state index in [1.165, 1.54) is 18.2 Å². The van der Waals surface area contributed by atoms with Gasteiger partial charge in [-0.2, -0.15) is 0 Å². The Balaban J connectivity index is 2.31. The van der Waals surface area contributed by atoms with E-state index in [0.717, 1.165) is 0 Å². The van der Waals surface area contributed by atoms with Gasteiger partial charge in [-0.1, -0.05) is 0 Å². The van der Waals surface area contributed by atoms with Gasteiger partial charge in [0.25, 0.3) is 0 Å². The second kappa shape index (κ2) is 3.29. The van der Waals surface area contributed by atoms with Crippen LogP contribution in [0, 0.1) is 5.82 Å². The molecule has 2 rings (SSSR count). The Bertz CT molecular complexity index is 378. The highest BCUT2D eigenvalue weighted by molar-refractivity contribution is 5.78. The highest BCUT2D eigenvalue weighted by Crippen LogP contribution is 2.30. The zero-order chi connectivity index (χ0) is 10.1. The lowest BCUT2D eigenvalue weighted by Gasteiger charge is -2.11. The van der Waals surface area contributed by atoms with E-state index < -0.39 is 5.82 Å². The van der Waals surface area contributed by atoms with Gasteiger partial charge in [0.2, 0.25) is 5.91 Å². The van der Waals surface area contributed by atoms with Crippen LogP contribution in [0.5, 0.6) is 5.75 Å². The average molecular weight is 195 g/mol. The summed E-state index contributed by atoms with van der Waals surface area (Å²) in [6.45, 7) is 0. The average Bonchev–Trinajstić information content (AvgIpc) is 2.56. The number of hydrogen-bond acceptors (Lipinski definition) is 2. The molecule has 1 aromatic rings. The fraction of sp³-hybridized carbons (Fsp3) is 0.300. The summed E-state index contributed by atoms with van der Waals surface area (Å²) in [4.78, 5) is 10.9. The first-order chi connectivity index (χ1) is 6.66. The molecule has 0 aliphatic carbocycles. The van der Waals surface area contributed by atoms with Crippen LogP contribution < -0.4 is 5.32 Å². The summed E-state index contributed by atoms with van der Waals surface area (Å²) in [7, 11) is 0. The molecule has 0 radical (unpaired) electrons. The van der Waals surface area contributed by atoms with Crippen LogP contribution in [0.2, 0.25) is 0 Å². The Morgan fingerprint density at radius 2 is 2.29 bits per heavy atom. The second-order valence-electron chi connectivity index (χ2n) is 3.36. The lowest BCUT2D eigenvalue weighted by atomic mass is 10.0. The first-order valence-electron chi connectivity index (χ1n) is 4.44. The molecule has 74 valence electrons. The SMILES string of the molecule is O=C1CC[C@@H](c2cc(F)ccc2O)N1. The molecule has 1 aliphatic rings. The van der Waals surface area contributed by atoms with E-state index in [2.05, 4.69) is 5.32 Å². The van der Waals surface area contributed by atoms with E-state index in [4.69, 9.17) is 0 Å². The number of nitrogens with one attached hydrogen (secondary N) is 1. The minimum atomic E-state index is -0.404. The van der Waals surface area contributed by atoms with Crippen molar-refractivity contribution in [3.05, 3.63) is 29.6 Å². The van der Waals surface area contributed by atoms with Crippen LogP contribution in [0.1, 0.15) is 24.4 Å². The minimum absolute atomic E-state index is 0.0265. The molecule has 3 nitrogen and oxygen atoms in total. The van der Waals surface area contributed by atoms with Crippen molar-refractivity contribution in [2.45, 2.75) is 18.9 Å². The molecule has 1 amide bonds. The van der Waals surface area contributed by atoms with E-state index in [1.807, 2.05) is 0 Å². The molecule has 1 atom stereocenters. The van der Waals surface area contributed by atoms with Crippen LogP contribution in [-0.4, -0.2) is 11.0 Å². The summed E-state index contributed by atoms with van der Waals surface area (Å²) < 4.78 is 12.9. The van der Waals surface area contributed by atoms with Crippen LogP contribution in [0.15, 0.2) is 18.2 Å². The molecule has 14 heavy (non-hydrogen) atoms. The Morgan fingerprint density at radius 3 is 2.93 bits per heavy atom.